The van der Waals surface area contributed by atoms with Gasteiger partial charge >= 0.3 is 6.03 Å². The monoisotopic (exact) mass is 345 g/mol. The maximum atomic E-state index is 12.1. The molecule has 0 aliphatic carbocycles. The van der Waals surface area contributed by atoms with E-state index < -0.39 is 0 Å². The van der Waals surface area contributed by atoms with Crippen LogP contribution >= 0.6 is 0 Å². The molecule has 2 saturated heterocycles. The first kappa shape index (κ1) is 17.7. The number of hydrogen-bond acceptors (Lipinski definition) is 4. The Labute approximate surface area is 148 Å². The van der Waals surface area contributed by atoms with E-state index in [1.165, 1.54) is 5.56 Å². The molecule has 1 spiro atoms. The lowest BCUT2D eigenvalue weighted by molar-refractivity contribution is -0.123. The molecular formula is C19H27N3O3. The summed E-state index contributed by atoms with van der Waals surface area (Å²) in [6, 6.07) is 8.16. The molecule has 2 heterocycles. The Hall–Kier alpha value is -2.08. The number of phenolic OH excluding ortho intramolecular Hbond substituents is 1. The zero-order valence-electron chi connectivity index (χ0n) is 14.9. The number of benzene rings is 1. The Bertz CT molecular complexity index is 621. The summed E-state index contributed by atoms with van der Waals surface area (Å²) in [5.74, 6) is 0.287. The maximum Gasteiger partial charge on any atom is 0.317 e. The standard InChI is InChI=1S/C19H27N3O3/c1-14(2)22-13-19(17(22)15-3-5-16(24)6-4-15)7-10-21(11-8-19)18(25)20-9-12-23/h3-6,12,14,17,24H,7-11,13H2,1-2H3,(H,20,25). The number of nitrogens with one attached hydrogen (secondary N) is 1. The number of nitrogens with zero attached hydrogens (tertiary/aromatic N) is 2. The van der Waals surface area contributed by atoms with Crippen molar-refractivity contribution >= 4 is 12.3 Å². The molecule has 25 heavy (non-hydrogen) atoms. The highest BCUT2D eigenvalue weighted by atomic mass is 16.3. The zero-order valence-corrected chi connectivity index (χ0v) is 14.9. The van der Waals surface area contributed by atoms with Gasteiger partial charge in [0, 0.05) is 37.1 Å². The molecule has 136 valence electrons. The van der Waals surface area contributed by atoms with Crippen molar-refractivity contribution in [2.75, 3.05) is 26.2 Å². The van der Waals surface area contributed by atoms with Crippen LogP contribution in [0.15, 0.2) is 24.3 Å². The van der Waals surface area contributed by atoms with Crippen LogP contribution in [-0.2, 0) is 4.79 Å². The molecule has 2 fully saturated rings. The zero-order chi connectivity index (χ0) is 18.0. The topological polar surface area (TPSA) is 72.9 Å². The average Bonchev–Trinajstić information content (AvgIpc) is 2.59. The highest BCUT2D eigenvalue weighted by Crippen LogP contribution is 2.55. The van der Waals surface area contributed by atoms with E-state index in [-0.39, 0.29) is 23.7 Å². The van der Waals surface area contributed by atoms with Crippen LogP contribution in [0.2, 0.25) is 0 Å². The number of carbonyl (C=O) groups excluding carboxylic acids is 2. The van der Waals surface area contributed by atoms with Crippen molar-refractivity contribution in [3.8, 4) is 5.75 Å². The first-order valence-electron chi connectivity index (χ1n) is 8.98. The van der Waals surface area contributed by atoms with E-state index in [0.29, 0.717) is 31.5 Å². The second kappa shape index (κ2) is 7.04. The molecule has 1 atom stereocenters. The third kappa shape index (κ3) is 3.35. The van der Waals surface area contributed by atoms with E-state index in [1.54, 1.807) is 17.0 Å². The predicted molar refractivity (Wildman–Crippen MR) is 95.4 cm³/mol. The number of carbonyl (C=O) groups is 2. The number of likely N-dealkylation sites (tertiary alicyclic amines) is 2. The quantitative estimate of drug-likeness (QED) is 0.820. The van der Waals surface area contributed by atoms with Gasteiger partial charge in [-0.15, -0.1) is 0 Å². The smallest absolute Gasteiger partial charge is 0.317 e. The van der Waals surface area contributed by atoms with Crippen LogP contribution < -0.4 is 5.32 Å². The molecule has 2 amide bonds. The summed E-state index contributed by atoms with van der Waals surface area (Å²) in [5.41, 5.74) is 1.42. The first-order chi connectivity index (χ1) is 12.0. The van der Waals surface area contributed by atoms with E-state index in [0.717, 1.165) is 19.4 Å². The summed E-state index contributed by atoms with van der Waals surface area (Å²) in [5, 5.41) is 12.2. The lowest BCUT2D eigenvalue weighted by atomic mass is 9.62. The van der Waals surface area contributed by atoms with Crippen LogP contribution in [0.25, 0.3) is 0 Å². The Morgan fingerprint density at radius 3 is 2.52 bits per heavy atom. The van der Waals surface area contributed by atoms with Gasteiger partial charge in [0.05, 0.1) is 6.54 Å². The second-order valence-corrected chi connectivity index (χ2v) is 7.46. The van der Waals surface area contributed by atoms with Gasteiger partial charge in [0.1, 0.15) is 12.0 Å². The molecule has 2 aliphatic heterocycles. The molecule has 0 saturated carbocycles. The van der Waals surface area contributed by atoms with Crippen molar-refractivity contribution in [2.24, 2.45) is 5.41 Å². The van der Waals surface area contributed by atoms with Crippen LogP contribution in [0.3, 0.4) is 0 Å². The summed E-state index contributed by atoms with van der Waals surface area (Å²) in [6.45, 7) is 6.96. The van der Waals surface area contributed by atoms with Crippen LogP contribution in [0, 0.1) is 5.41 Å². The second-order valence-electron chi connectivity index (χ2n) is 7.46. The molecule has 6 heteroatoms. The Morgan fingerprint density at radius 1 is 1.32 bits per heavy atom. The summed E-state index contributed by atoms with van der Waals surface area (Å²) in [4.78, 5) is 26.8. The Kier molecular flexibility index (Phi) is 4.99. The third-order valence-electron chi connectivity index (χ3n) is 5.66. The molecular weight excluding hydrogens is 318 g/mol. The van der Waals surface area contributed by atoms with Gasteiger partial charge in [-0.1, -0.05) is 12.1 Å². The van der Waals surface area contributed by atoms with Gasteiger partial charge in [0.2, 0.25) is 0 Å². The highest BCUT2D eigenvalue weighted by molar-refractivity contribution is 5.76. The number of phenols is 1. The molecule has 6 nitrogen and oxygen atoms in total. The van der Waals surface area contributed by atoms with Gasteiger partial charge in [0.25, 0.3) is 0 Å². The highest BCUT2D eigenvalue weighted by Gasteiger charge is 2.54. The number of urea groups is 1. The summed E-state index contributed by atoms with van der Waals surface area (Å²) in [6.07, 6.45) is 2.61. The normalized spacial score (nSPS) is 22.7. The lowest BCUT2D eigenvalue weighted by Gasteiger charge is -2.62. The van der Waals surface area contributed by atoms with Crippen molar-refractivity contribution in [1.29, 1.82) is 0 Å². The van der Waals surface area contributed by atoms with E-state index in [1.807, 2.05) is 12.1 Å². The Morgan fingerprint density at radius 2 is 1.96 bits per heavy atom. The summed E-state index contributed by atoms with van der Waals surface area (Å²) < 4.78 is 0. The first-order valence-corrected chi connectivity index (χ1v) is 8.98. The number of aldehydes is 1. The molecule has 0 bridgehead atoms. The van der Waals surface area contributed by atoms with Gasteiger partial charge in [-0.05, 0) is 44.4 Å². The van der Waals surface area contributed by atoms with E-state index in [9.17, 15) is 14.7 Å². The number of piperidine rings is 1. The van der Waals surface area contributed by atoms with Gasteiger partial charge in [-0.25, -0.2) is 4.79 Å². The van der Waals surface area contributed by atoms with Crippen molar-refractivity contribution in [3.63, 3.8) is 0 Å². The number of aromatic hydroxyl groups is 1. The van der Waals surface area contributed by atoms with Crippen LogP contribution in [0.1, 0.15) is 38.3 Å². The molecule has 0 radical (unpaired) electrons. The lowest BCUT2D eigenvalue weighted by Crippen LogP contribution is -2.64. The van der Waals surface area contributed by atoms with Gasteiger partial charge in [-0.2, -0.15) is 0 Å². The molecule has 1 unspecified atom stereocenters. The average molecular weight is 345 g/mol. The van der Waals surface area contributed by atoms with Crippen molar-refractivity contribution in [2.45, 2.75) is 38.8 Å². The van der Waals surface area contributed by atoms with Crippen molar-refractivity contribution < 1.29 is 14.7 Å². The van der Waals surface area contributed by atoms with E-state index in [4.69, 9.17) is 0 Å². The van der Waals surface area contributed by atoms with Crippen LogP contribution in [-0.4, -0.2) is 59.4 Å². The van der Waals surface area contributed by atoms with E-state index >= 15 is 0 Å². The van der Waals surface area contributed by atoms with Gasteiger partial charge < -0.3 is 20.1 Å². The molecule has 2 N–H and O–H groups in total. The largest absolute Gasteiger partial charge is 0.508 e. The molecule has 0 aromatic heterocycles. The molecule has 1 aromatic carbocycles. The maximum absolute atomic E-state index is 12.1. The minimum Gasteiger partial charge on any atom is -0.508 e. The van der Waals surface area contributed by atoms with Crippen molar-refractivity contribution in [1.82, 2.24) is 15.1 Å². The fraction of sp³-hybridized carbons (Fsp3) is 0.579. The van der Waals surface area contributed by atoms with Crippen LogP contribution in [0.4, 0.5) is 4.79 Å². The minimum atomic E-state index is -0.150. The van der Waals surface area contributed by atoms with Gasteiger partial charge in [0.15, 0.2) is 0 Å². The predicted octanol–water partition coefficient (Wildman–Crippen LogP) is 2.15. The Balaban J connectivity index is 1.72. The number of amides is 2. The van der Waals surface area contributed by atoms with Gasteiger partial charge in [-0.3, -0.25) is 4.90 Å². The molecule has 2 aliphatic rings. The van der Waals surface area contributed by atoms with Crippen molar-refractivity contribution in [3.05, 3.63) is 29.8 Å². The third-order valence-corrected chi connectivity index (χ3v) is 5.66. The van der Waals surface area contributed by atoms with Crippen LogP contribution in [0.5, 0.6) is 5.75 Å². The number of hydrogen-bond donors (Lipinski definition) is 2. The summed E-state index contributed by atoms with van der Waals surface area (Å²) >= 11 is 0. The SMILES string of the molecule is CC(C)N1CC2(CCN(C(=O)NCC=O)CC2)C1c1ccc(O)cc1. The fourth-order valence-corrected chi connectivity index (χ4v) is 4.29. The minimum absolute atomic E-state index is 0.0672. The number of rotatable bonds is 4. The fourth-order valence-electron chi connectivity index (χ4n) is 4.29. The molecule has 3 rings (SSSR count). The molecule has 1 aromatic rings. The van der Waals surface area contributed by atoms with E-state index in [2.05, 4.69) is 24.1 Å². The summed E-state index contributed by atoms with van der Waals surface area (Å²) in [7, 11) is 0.